The number of rotatable bonds is 8. The normalized spacial score (nSPS) is 22.5. The van der Waals surface area contributed by atoms with E-state index >= 15 is 0 Å². The van der Waals surface area contributed by atoms with E-state index in [2.05, 4.69) is 9.97 Å². The molecule has 10 nitrogen and oxygen atoms in total. The van der Waals surface area contributed by atoms with Gasteiger partial charge in [-0.1, -0.05) is 6.92 Å². The summed E-state index contributed by atoms with van der Waals surface area (Å²) in [7, 11) is 0. The van der Waals surface area contributed by atoms with Gasteiger partial charge in [-0.2, -0.15) is 0 Å². The number of fused-ring (bicyclic) bond motifs is 2. The Hall–Kier alpha value is -3.06. The van der Waals surface area contributed by atoms with Crippen LogP contribution in [0, 0.1) is 11.8 Å². The van der Waals surface area contributed by atoms with Crippen molar-refractivity contribution in [1.29, 1.82) is 0 Å². The number of ketones is 1. The Kier molecular flexibility index (Phi) is 5.99. The van der Waals surface area contributed by atoms with Crippen molar-refractivity contribution in [2.75, 3.05) is 12.3 Å². The highest BCUT2D eigenvalue weighted by atomic mass is 32.2. The summed E-state index contributed by atoms with van der Waals surface area (Å²) in [6, 6.07) is 1.34. The number of aliphatic hydroxyl groups is 1. The third-order valence-electron chi connectivity index (χ3n) is 6.43. The second kappa shape index (κ2) is 8.86. The van der Waals surface area contributed by atoms with E-state index in [1.54, 1.807) is 29.8 Å². The first-order chi connectivity index (χ1) is 16.7. The number of hydrogen-bond acceptors (Lipinski definition) is 9. The van der Waals surface area contributed by atoms with Crippen molar-refractivity contribution in [2.45, 2.75) is 30.9 Å². The first-order valence-corrected chi connectivity index (χ1v) is 12.8. The molecular weight excluding hydrogens is 490 g/mol. The van der Waals surface area contributed by atoms with Crippen molar-refractivity contribution in [3.63, 3.8) is 0 Å². The third-order valence-corrected chi connectivity index (χ3v) is 8.57. The fraction of sp³-hybridized carbons (Fsp3) is 0.348. The molecule has 35 heavy (non-hydrogen) atoms. The monoisotopic (exact) mass is 513 g/mol. The number of amides is 1. The number of imidazole rings is 1. The molecule has 0 aliphatic carbocycles. The standard InChI is InChI=1S/C23H23N5O5S2/c1-10-15(19(23(32)33)28-18(10)16(11(2)29)21(28)31)14-8-27-9-26-17(22(27)35-14)20(30)12-5-13(7-25-6-12)34-4-3-24/h5-11,16,18,29H,3-4,24H2,1-2H3,(H,32,33)/t10-,11+,16+,18+/m0/s1. The highest BCUT2D eigenvalue weighted by Crippen LogP contribution is 2.51. The summed E-state index contributed by atoms with van der Waals surface area (Å²) in [5.74, 6) is -2.10. The van der Waals surface area contributed by atoms with Crippen molar-refractivity contribution in [3.8, 4) is 0 Å². The van der Waals surface area contributed by atoms with Crippen LogP contribution in [0.5, 0.6) is 0 Å². The Labute approximate surface area is 208 Å². The third kappa shape index (κ3) is 3.68. The molecule has 0 aromatic carbocycles. The summed E-state index contributed by atoms with van der Waals surface area (Å²) >= 11 is 2.76. The molecule has 0 unspecified atom stereocenters. The molecule has 182 valence electrons. The fourth-order valence-corrected chi connectivity index (χ4v) is 6.82. The minimum atomic E-state index is -1.20. The van der Waals surface area contributed by atoms with Crippen molar-refractivity contribution in [1.82, 2.24) is 19.3 Å². The Balaban J connectivity index is 1.53. The number of pyridine rings is 1. The first-order valence-electron chi connectivity index (χ1n) is 11.0. The SMILES string of the molecule is C[C@@H](O)[C@H]1C(=O)N2C(C(=O)O)=C(c3cn4cnc(C(=O)c5cncc(SCCN)c5)c4s3)[C@H](C)[C@H]12. The number of carbonyl (C=O) groups is 3. The average molecular weight is 514 g/mol. The summed E-state index contributed by atoms with van der Waals surface area (Å²) in [6.45, 7) is 3.92. The molecule has 4 N–H and O–H groups in total. The largest absolute Gasteiger partial charge is 0.477 e. The number of aliphatic hydroxyl groups excluding tert-OH is 1. The van der Waals surface area contributed by atoms with Crippen molar-refractivity contribution < 1.29 is 24.6 Å². The number of β-lactam (4-membered cyclic amide) rings is 1. The van der Waals surface area contributed by atoms with Crippen molar-refractivity contribution >= 4 is 51.2 Å². The minimum Gasteiger partial charge on any atom is -0.477 e. The van der Waals surface area contributed by atoms with Gasteiger partial charge in [-0.05, 0) is 13.0 Å². The fourth-order valence-electron chi connectivity index (χ4n) is 4.91. The molecule has 0 bridgehead atoms. The van der Waals surface area contributed by atoms with E-state index in [1.165, 1.54) is 40.5 Å². The Morgan fingerprint density at radius 3 is 2.80 bits per heavy atom. The maximum Gasteiger partial charge on any atom is 0.352 e. The van der Waals surface area contributed by atoms with E-state index in [-0.39, 0.29) is 29.0 Å². The lowest BCUT2D eigenvalue weighted by atomic mass is 9.77. The molecule has 0 radical (unpaired) electrons. The van der Waals surface area contributed by atoms with Crippen LogP contribution in [-0.2, 0) is 9.59 Å². The molecule has 3 aromatic heterocycles. The summed E-state index contributed by atoms with van der Waals surface area (Å²) in [4.78, 5) is 49.8. The average Bonchev–Trinajstić information content (AvgIpc) is 3.47. The van der Waals surface area contributed by atoms with Crippen LogP contribution < -0.4 is 5.73 Å². The molecule has 2 aliphatic rings. The summed E-state index contributed by atoms with van der Waals surface area (Å²) in [5, 5.41) is 20.0. The van der Waals surface area contributed by atoms with E-state index in [4.69, 9.17) is 5.73 Å². The molecular formula is C23H23N5O5S2. The second-order valence-electron chi connectivity index (χ2n) is 8.60. The molecule has 5 rings (SSSR count). The van der Waals surface area contributed by atoms with Gasteiger partial charge < -0.3 is 20.8 Å². The molecule has 4 atom stereocenters. The molecule has 3 aromatic rings. The Bertz CT molecular complexity index is 1390. The summed E-state index contributed by atoms with van der Waals surface area (Å²) in [6.07, 6.45) is 5.54. The van der Waals surface area contributed by atoms with Gasteiger partial charge in [0.15, 0.2) is 0 Å². The zero-order valence-electron chi connectivity index (χ0n) is 18.9. The van der Waals surface area contributed by atoms with E-state index in [0.717, 1.165) is 4.90 Å². The van der Waals surface area contributed by atoms with E-state index in [9.17, 15) is 24.6 Å². The number of nitrogens with two attached hydrogens (primary N) is 1. The Morgan fingerprint density at radius 1 is 1.34 bits per heavy atom. The number of aromatic nitrogens is 3. The van der Waals surface area contributed by atoms with Gasteiger partial charge in [-0.15, -0.1) is 23.1 Å². The van der Waals surface area contributed by atoms with E-state index in [0.29, 0.717) is 33.1 Å². The van der Waals surface area contributed by atoms with Gasteiger partial charge in [-0.3, -0.25) is 19.0 Å². The zero-order valence-corrected chi connectivity index (χ0v) is 20.5. The molecule has 5 heterocycles. The van der Waals surface area contributed by atoms with Crippen molar-refractivity contribution in [2.24, 2.45) is 17.6 Å². The van der Waals surface area contributed by atoms with Crippen molar-refractivity contribution in [3.05, 3.63) is 52.8 Å². The van der Waals surface area contributed by atoms with Crippen LogP contribution in [0.2, 0.25) is 0 Å². The smallest absolute Gasteiger partial charge is 0.352 e. The van der Waals surface area contributed by atoms with Crippen LogP contribution in [-0.4, -0.2) is 71.6 Å². The highest BCUT2D eigenvalue weighted by Gasteiger charge is 2.60. The molecule has 0 saturated carbocycles. The van der Waals surface area contributed by atoms with Crippen LogP contribution >= 0.6 is 23.1 Å². The van der Waals surface area contributed by atoms with E-state index < -0.39 is 24.0 Å². The van der Waals surface area contributed by atoms with Crippen LogP contribution in [0.4, 0.5) is 0 Å². The quantitative estimate of drug-likeness (QED) is 0.232. The van der Waals surface area contributed by atoms with Crippen LogP contribution in [0.25, 0.3) is 10.4 Å². The number of carboxylic acids is 1. The lowest BCUT2D eigenvalue weighted by molar-refractivity contribution is -0.163. The number of nitrogens with zero attached hydrogens (tertiary/aromatic N) is 4. The van der Waals surface area contributed by atoms with Gasteiger partial charge in [-0.25, -0.2) is 9.78 Å². The number of carboxylic acid groups (broad SMARTS) is 1. The van der Waals surface area contributed by atoms with Gasteiger partial charge >= 0.3 is 5.97 Å². The van der Waals surface area contributed by atoms with Gasteiger partial charge in [0.05, 0.1) is 22.9 Å². The molecule has 1 fully saturated rings. The summed E-state index contributed by atoms with van der Waals surface area (Å²) < 4.78 is 1.69. The molecule has 1 saturated heterocycles. The number of thioether (sulfide) groups is 1. The van der Waals surface area contributed by atoms with Gasteiger partial charge in [0.2, 0.25) is 11.7 Å². The number of aliphatic carboxylic acids is 1. The zero-order chi connectivity index (χ0) is 25.0. The number of hydrogen-bond donors (Lipinski definition) is 3. The molecule has 12 heteroatoms. The second-order valence-corrected chi connectivity index (χ2v) is 10.8. The number of carbonyl (C=O) groups excluding carboxylic acids is 2. The predicted octanol–water partition coefficient (Wildman–Crippen LogP) is 1.73. The van der Waals surface area contributed by atoms with Gasteiger partial charge in [0, 0.05) is 52.8 Å². The van der Waals surface area contributed by atoms with Gasteiger partial charge in [0.25, 0.3) is 0 Å². The Morgan fingerprint density at radius 2 is 2.11 bits per heavy atom. The molecule has 1 amide bonds. The first kappa shape index (κ1) is 23.7. The maximum absolute atomic E-state index is 13.3. The number of thiazole rings is 1. The van der Waals surface area contributed by atoms with Gasteiger partial charge in [0.1, 0.15) is 22.5 Å². The minimum absolute atomic E-state index is 0.0661. The molecule has 0 spiro atoms. The molecule has 2 aliphatic heterocycles. The lowest BCUT2D eigenvalue weighted by Crippen LogP contribution is -2.63. The van der Waals surface area contributed by atoms with E-state index in [1.807, 2.05) is 6.92 Å². The van der Waals surface area contributed by atoms with Crippen LogP contribution in [0.15, 0.2) is 41.6 Å². The lowest BCUT2D eigenvalue weighted by Gasteiger charge is -2.46. The van der Waals surface area contributed by atoms with Crippen LogP contribution in [0.1, 0.15) is 34.8 Å². The highest BCUT2D eigenvalue weighted by molar-refractivity contribution is 7.99. The maximum atomic E-state index is 13.3. The summed E-state index contributed by atoms with van der Waals surface area (Å²) in [5.41, 5.74) is 6.66. The topological polar surface area (TPSA) is 151 Å². The van der Waals surface area contributed by atoms with Crippen LogP contribution in [0.3, 0.4) is 0 Å². The predicted molar refractivity (Wildman–Crippen MR) is 130 cm³/mol.